The summed E-state index contributed by atoms with van der Waals surface area (Å²) in [5.74, 6) is 0. The van der Waals surface area contributed by atoms with Crippen LogP contribution in [0, 0.1) is 0 Å². The van der Waals surface area contributed by atoms with Crippen LogP contribution in [0.25, 0.3) is 0 Å². The number of hydrogen-bond acceptors (Lipinski definition) is 0. The van der Waals surface area contributed by atoms with E-state index in [0.29, 0.717) is 0 Å². The molecule has 1 aromatic rings. The minimum atomic E-state index is 1.08. The second kappa shape index (κ2) is 6.17. The Balaban J connectivity index is 2.25. The first kappa shape index (κ1) is 11.7. The average molecular weight is 259 g/mol. The summed E-state index contributed by atoms with van der Waals surface area (Å²) in [6, 6.07) is 8.50. The van der Waals surface area contributed by atoms with Crippen molar-refractivity contribution in [3.05, 3.63) is 34.3 Å². The highest BCUT2D eigenvalue weighted by Gasteiger charge is 1.98. The molecule has 0 aliphatic heterocycles. The lowest BCUT2D eigenvalue weighted by Gasteiger charge is -2.06. The van der Waals surface area contributed by atoms with Gasteiger partial charge < -0.3 is 10.2 Å². The van der Waals surface area contributed by atoms with E-state index < -0.39 is 0 Å². The molecule has 0 aliphatic carbocycles. The van der Waals surface area contributed by atoms with Crippen LogP contribution in [0.5, 0.6) is 0 Å². The van der Waals surface area contributed by atoms with Gasteiger partial charge in [-0.15, -0.1) is 0 Å². The van der Waals surface area contributed by atoms with Crippen molar-refractivity contribution >= 4 is 15.9 Å². The molecule has 3 N–H and O–H groups in total. The van der Waals surface area contributed by atoms with Crippen LogP contribution in [-0.2, 0) is 6.54 Å². The smallest absolute Gasteiger partial charge is 0.126 e. The molecule has 0 unspecified atom stereocenters. The molecule has 0 bridgehead atoms. The Labute approximate surface area is 94.4 Å². The van der Waals surface area contributed by atoms with E-state index in [1.54, 1.807) is 0 Å². The molecule has 0 aromatic heterocycles. The van der Waals surface area contributed by atoms with Gasteiger partial charge in [0.2, 0.25) is 0 Å². The molecule has 1 aromatic carbocycles. The predicted octanol–water partition coefficient (Wildman–Crippen LogP) is -0.343. The van der Waals surface area contributed by atoms with Gasteiger partial charge in [0.1, 0.15) is 19.6 Å². The lowest BCUT2D eigenvalue weighted by Crippen LogP contribution is -3.09. The SMILES string of the molecule is C[NH+](C)CC[NH2+]Cc1cccc(Br)c1. The lowest BCUT2D eigenvalue weighted by molar-refractivity contribution is -0.875. The highest BCUT2D eigenvalue weighted by atomic mass is 79.9. The Kier molecular flexibility index (Phi) is 5.15. The zero-order valence-corrected chi connectivity index (χ0v) is 10.5. The third-order valence-corrected chi connectivity index (χ3v) is 2.61. The highest BCUT2D eigenvalue weighted by molar-refractivity contribution is 9.10. The van der Waals surface area contributed by atoms with Crippen LogP contribution in [-0.4, -0.2) is 27.2 Å². The Morgan fingerprint density at radius 1 is 1.36 bits per heavy atom. The van der Waals surface area contributed by atoms with E-state index in [9.17, 15) is 0 Å². The predicted molar refractivity (Wildman–Crippen MR) is 62.3 cm³/mol. The van der Waals surface area contributed by atoms with Crippen molar-refractivity contribution in [3.63, 3.8) is 0 Å². The normalized spacial score (nSPS) is 10.9. The first-order valence-electron chi connectivity index (χ1n) is 5.03. The van der Waals surface area contributed by atoms with Crippen LogP contribution < -0.4 is 10.2 Å². The molecular weight excluding hydrogens is 240 g/mol. The Bertz CT molecular complexity index is 274. The van der Waals surface area contributed by atoms with Crippen molar-refractivity contribution < 1.29 is 10.2 Å². The van der Waals surface area contributed by atoms with Crippen molar-refractivity contribution in [2.75, 3.05) is 27.2 Å². The molecule has 0 atom stereocenters. The average Bonchev–Trinajstić information content (AvgIpc) is 2.12. The number of rotatable bonds is 5. The summed E-state index contributed by atoms with van der Waals surface area (Å²) < 4.78 is 1.17. The molecule has 0 fully saturated rings. The zero-order chi connectivity index (χ0) is 10.4. The maximum Gasteiger partial charge on any atom is 0.126 e. The van der Waals surface area contributed by atoms with Crippen molar-refractivity contribution in [1.82, 2.24) is 0 Å². The summed E-state index contributed by atoms with van der Waals surface area (Å²) in [4.78, 5) is 1.51. The maximum atomic E-state index is 3.48. The largest absolute Gasteiger partial charge is 0.338 e. The molecule has 78 valence electrons. The van der Waals surface area contributed by atoms with Crippen LogP contribution >= 0.6 is 15.9 Å². The number of likely N-dealkylation sites (N-methyl/N-ethyl adjacent to an activating group) is 1. The van der Waals surface area contributed by atoms with E-state index in [1.165, 1.54) is 28.0 Å². The summed E-state index contributed by atoms with van der Waals surface area (Å²) >= 11 is 3.48. The van der Waals surface area contributed by atoms with Crippen molar-refractivity contribution in [1.29, 1.82) is 0 Å². The van der Waals surface area contributed by atoms with Crippen molar-refractivity contribution in [2.45, 2.75) is 6.54 Å². The van der Waals surface area contributed by atoms with Crippen molar-refractivity contribution in [2.24, 2.45) is 0 Å². The maximum absolute atomic E-state index is 3.48. The third kappa shape index (κ3) is 4.74. The molecule has 0 heterocycles. The summed E-state index contributed by atoms with van der Waals surface area (Å²) in [5, 5.41) is 2.36. The standard InChI is InChI=1S/C11H17BrN2/c1-14(2)7-6-13-9-10-4-3-5-11(12)8-10/h3-5,8,13H,6-7,9H2,1-2H3/p+2. The molecule has 0 aliphatic rings. The van der Waals surface area contributed by atoms with E-state index in [1.807, 2.05) is 0 Å². The minimum Gasteiger partial charge on any atom is -0.338 e. The number of nitrogens with one attached hydrogen (secondary N) is 1. The fourth-order valence-corrected chi connectivity index (χ4v) is 1.77. The van der Waals surface area contributed by atoms with Crippen LogP contribution in [0.3, 0.4) is 0 Å². The third-order valence-electron chi connectivity index (χ3n) is 2.12. The van der Waals surface area contributed by atoms with Gasteiger partial charge in [0.05, 0.1) is 14.1 Å². The molecule has 0 radical (unpaired) electrons. The molecule has 1 rings (SSSR count). The van der Waals surface area contributed by atoms with Crippen LogP contribution in [0.2, 0.25) is 0 Å². The number of benzene rings is 1. The summed E-state index contributed by atoms with van der Waals surface area (Å²) in [5.41, 5.74) is 1.38. The van der Waals surface area contributed by atoms with Gasteiger partial charge in [-0.3, -0.25) is 0 Å². The highest BCUT2D eigenvalue weighted by Crippen LogP contribution is 2.10. The Morgan fingerprint density at radius 3 is 2.79 bits per heavy atom. The topological polar surface area (TPSA) is 21.1 Å². The quantitative estimate of drug-likeness (QED) is 0.675. The molecule has 0 saturated carbocycles. The van der Waals surface area contributed by atoms with Gasteiger partial charge in [0.15, 0.2) is 0 Å². The zero-order valence-electron chi connectivity index (χ0n) is 8.89. The number of halogens is 1. The Hall–Kier alpha value is -0.380. The van der Waals surface area contributed by atoms with Crippen LogP contribution in [0.15, 0.2) is 28.7 Å². The van der Waals surface area contributed by atoms with Gasteiger partial charge in [-0.05, 0) is 12.1 Å². The fraction of sp³-hybridized carbons (Fsp3) is 0.455. The second-order valence-corrected chi connectivity index (χ2v) is 4.78. The first-order chi connectivity index (χ1) is 6.68. The molecule has 0 amide bonds. The molecule has 14 heavy (non-hydrogen) atoms. The van der Waals surface area contributed by atoms with Crippen LogP contribution in [0.4, 0.5) is 0 Å². The first-order valence-corrected chi connectivity index (χ1v) is 5.83. The minimum absolute atomic E-state index is 1.08. The number of nitrogens with two attached hydrogens (primary N) is 1. The fourth-order valence-electron chi connectivity index (χ4n) is 1.32. The summed E-state index contributed by atoms with van der Waals surface area (Å²) in [7, 11) is 4.37. The summed E-state index contributed by atoms with van der Waals surface area (Å²) in [6.45, 7) is 3.48. The molecule has 0 saturated heterocycles. The lowest BCUT2D eigenvalue weighted by atomic mass is 10.2. The van der Waals surface area contributed by atoms with E-state index >= 15 is 0 Å². The van der Waals surface area contributed by atoms with Gasteiger partial charge in [-0.1, -0.05) is 28.1 Å². The molecular formula is C11H19BrN2+2. The molecule has 2 nitrogen and oxygen atoms in total. The molecule has 0 spiro atoms. The van der Waals surface area contributed by atoms with E-state index in [-0.39, 0.29) is 0 Å². The van der Waals surface area contributed by atoms with Gasteiger partial charge in [-0.25, -0.2) is 0 Å². The van der Waals surface area contributed by atoms with E-state index in [2.05, 4.69) is 59.6 Å². The van der Waals surface area contributed by atoms with E-state index in [4.69, 9.17) is 0 Å². The summed E-state index contributed by atoms with van der Waals surface area (Å²) in [6.07, 6.45) is 0. The number of quaternary nitrogens is 2. The Morgan fingerprint density at radius 2 is 2.14 bits per heavy atom. The van der Waals surface area contributed by atoms with Crippen molar-refractivity contribution in [3.8, 4) is 0 Å². The molecule has 3 heteroatoms. The van der Waals surface area contributed by atoms with Crippen LogP contribution in [0.1, 0.15) is 5.56 Å². The monoisotopic (exact) mass is 258 g/mol. The van der Waals surface area contributed by atoms with Gasteiger partial charge >= 0.3 is 0 Å². The van der Waals surface area contributed by atoms with E-state index in [0.717, 1.165) is 6.54 Å². The van der Waals surface area contributed by atoms with Gasteiger partial charge in [0.25, 0.3) is 0 Å². The van der Waals surface area contributed by atoms with Gasteiger partial charge in [-0.2, -0.15) is 0 Å². The second-order valence-electron chi connectivity index (χ2n) is 3.87. The number of hydrogen-bond donors (Lipinski definition) is 2. The van der Waals surface area contributed by atoms with Gasteiger partial charge in [0, 0.05) is 10.0 Å².